The van der Waals surface area contributed by atoms with Gasteiger partial charge in [-0.15, -0.1) is 0 Å². The van der Waals surface area contributed by atoms with Gasteiger partial charge >= 0.3 is 0 Å². The number of aromatic nitrogens is 2. The van der Waals surface area contributed by atoms with Gasteiger partial charge < -0.3 is 13.9 Å². The smallest absolute Gasteiger partial charge is 0.261 e. The Morgan fingerprint density at radius 3 is 2.11 bits per heavy atom. The first kappa shape index (κ1) is 30.1. The molecule has 8 rings (SSSR count). The molecule has 5 nitrogen and oxygen atoms in total. The van der Waals surface area contributed by atoms with Crippen molar-refractivity contribution in [1.82, 2.24) is 10.2 Å². The van der Waals surface area contributed by atoms with Crippen LogP contribution < -0.4 is 10.4 Å². The predicted molar refractivity (Wildman–Crippen MR) is 181 cm³/mol. The summed E-state index contributed by atoms with van der Waals surface area (Å²) in [6, 6.07) is 22.3. The van der Waals surface area contributed by atoms with Crippen LogP contribution in [0.5, 0.6) is 0 Å². The number of nitrogens with one attached hydrogen (secondary N) is 1. The van der Waals surface area contributed by atoms with Crippen molar-refractivity contribution in [3.8, 4) is 0 Å². The van der Waals surface area contributed by atoms with Crippen molar-refractivity contribution in [3.63, 3.8) is 0 Å². The van der Waals surface area contributed by atoms with Gasteiger partial charge in [0, 0.05) is 17.2 Å². The summed E-state index contributed by atoms with van der Waals surface area (Å²) in [6.45, 7) is 16.6. The topological polar surface area (TPSA) is 56.4 Å². The molecule has 1 aliphatic heterocycles. The van der Waals surface area contributed by atoms with Crippen LogP contribution in [0.25, 0.3) is 0 Å². The summed E-state index contributed by atoms with van der Waals surface area (Å²) < 4.78 is 21.8. The summed E-state index contributed by atoms with van der Waals surface area (Å²) in [7, 11) is -2.65. The van der Waals surface area contributed by atoms with E-state index in [1.807, 2.05) is 0 Å². The van der Waals surface area contributed by atoms with Crippen LogP contribution in [0, 0.1) is 29.1 Å². The third-order valence-corrected chi connectivity index (χ3v) is 18.5. The lowest BCUT2D eigenvalue weighted by molar-refractivity contribution is -0.178. The Morgan fingerprint density at radius 1 is 0.822 bits per heavy atom. The van der Waals surface area contributed by atoms with Crippen LogP contribution in [0.3, 0.4) is 0 Å². The van der Waals surface area contributed by atoms with E-state index in [0.29, 0.717) is 23.7 Å². The standard InChI is InChI=1S/C39H52N2O3Si/c1-36(2,3)45(27-14-10-8-11-15-27,28-16-12-9-13-17-28)44-26-18-20-38(6)29-19-21-39(7)30(22-25-24-40-41-35(25)39)32(29)34-33(31(38)23-26)42-37(4,5)43-34/h8-17,24,26,29-34H,18-23H2,1-7H3,(H,40,41)/t26-,29-,30-,31+,32?,33+,34+,38+,39-/m0/s1. The molecule has 6 heteroatoms. The summed E-state index contributed by atoms with van der Waals surface area (Å²) in [6.07, 6.45) is 9.39. The first-order valence-electron chi connectivity index (χ1n) is 17.5. The number of nitrogens with zero attached hydrogens (tertiary/aromatic N) is 1. The second-order valence-corrected chi connectivity index (χ2v) is 21.3. The van der Waals surface area contributed by atoms with Crippen molar-refractivity contribution in [2.24, 2.45) is 29.1 Å². The molecule has 5 aliphatic rings. The lowest BCUT2D eigenvalue weighted by Gasteiger charge is -2.63. The molecule has 1 saturated heterocycles. The fraction of sp³-hybridized carbons (Fsp3) is 0.615. The maximum absolute atomic E-state index is 7.79. The minimum absolute atomic E-state index is 0.0351. The van der Waals surface area contributed by atoms with Gasteiger partial charge in [-0.1, -0.05) is 95.3 Å². The first-order valence-corrected chi connectivity index (χ1v) is 19.5. The number of hydrogen-bond acceptors (Lipinski definition) is 4. The van der Waals surface area contributed by atoms with E-state index < -0.39 is 14.1 Å². The molecule has 0 amide bonds. The molecule has 9 atom stereocenters. The minimum Gasteiger partial charge on any atom is -0.404 e. The molecule has 1 unspecified atom stereocenters. The van der Waals surface area contributed by atoms with Gasteiger partial charge in [-0.2, -0.15) is 5.10 Å². The van der Waals surface area contributed by atoms with Gasteiger partial charge in [0.25, 0.3) is 8.32 Å². The molecule has 1 aromatic heterocycles. The highest BCUT2D eigenvalue weighted by Crippen LogP contribution is 2.68. The van der Waals surface area contributed by atoms with E-state index in [0.717, 1.165) is 19.3 Å². The van der Waals surface area contributed by atoms with E-state index >= 15 is 0 Å². The number of H-pyrrole nitrogens is 1. The summed E-state index contributed by atoms with van der Waals surface area (Å²) in [4.78, 5) is 0. The molecule has 2 aromatic carbocycles. The largest absolute Gasteiger partial charge is 0.404 e. The summed E-state index contributed by atoms with van der Waals surface area (Å²) in [5.74, 6) is 1.53. The van der Waals surface area contributed by atoms with Crippen molar-refractivity contribution in [3.05, 3.63) is 78.1 Å². The van der Waals surface area contributed by atoms with E-state index in [1.54, 1.807) is 0 Å². The Morgan fingerprint density at radius 2 is 1.47 bits per heavy atom. The Hall–Kier alpha value is -2.25. The summed E-state index contributed by atoms with van der Waals surface area (Å²) in [5.41, 5.74) is 3.15. The van der Waals surface area contributed by atoms with E-state index in [1.165, 1.54) is 40.9 Å². The molecule has 1 N–H and O–H groups in total. The minimum atomic E-state index is -2.65. The second kappa shape index (κ2) is 10.1. The van der Waals surface area contributed by atoms with Gasteiger partial charge in [0.05, 0.1) is 18.4 Å². The van der Waals surface area contributed by atoms with Crippen molar-refractivity contribution >= 4 is 18.7 Å². The molecule has 0 spiro atoms. The Labute approximate surface area is 271 Å². The molecule has 240 valence electrons. The molecule has 4 aliphatic carbocycles. The van der Waals surface area contributed by atoms with Crippen molar-refractivity contribution in [1.29, 1.82) is 0 Å². The molecule has 4 fully saturated rings. The lowest BCUT2D eigenvalue weighted by Crippen LogP contribution is -2.69. The van der Waals surface area contributed by atoms with Gasteiger partial charge in [-0.05, 0) is 102 Å². The van der Waals surface area contributed by atoms with E-state index in [-0.39, 0.29) is 34.2 Å². The normalized spacial score (nSPS) is 38.5. The Balaban J connectivity index is 1.17. The first-order chi connectivity index (χ1) is 21.4. The average Bonchev–Trinajstić information content (AvgIpc) is 3.68. The molecule has 0 bridgehead atoms. The number of ether oxygens (including phenoxy) is 2. The van der Waals surface area contributed by atoms with Crippen LogP contribution in [0.2, 0.25) is 5.04 Å². The van der Waals surface area contributed by atoms with Crippen LogP contribution in [0.15, 0.2) is 66.9 Å². The number of benzene rings is 2. The van der Waals surface area contributed by atoms with Crippen molar-refractivity contribution in [2.75, 3.05) is 0 Å². The quantitative estimate of drug-likeness (QED) is 0.313. The van der Waals surface area contributed by atoms with E-state index in [2.05, 4.69) is 126 Å². The highest BCUT2D eigenvalue weighted by molar-refractivity contribution is 6.99. The Kier molecular flexibility index (Phi) is 6.77. The highest BCUT2D eigenvalue weighted by atomic mass is 28.4. The van der Waals surface area contributed by atoms with Crippen LogP contribution in [-0.2, 0) is 25.7 Å². The fourth-order valence-corrected chi connectivity index (χ4v) is 16.1. The summed E-state index contributed by atoms with van der Waals surface area (Å²) in [5, 5.41) is 10.6. The lowest BCUT2D eigenvalue weighted by atomic mass is 9.43. The maximum Gasteiger partial charge on any atom is 0.261 e. The summed E-state index contributed by atoms with van der Waals surface area (Å²) >= 11 is 0. The van der Waals surface area contributed by atoms with Crippen LogP contribution in [-0.4, -0.2) is 42.6 Å². The molecule has 3 saturated carbocycles. The second-order valence-electron chi connectivity index (χ2n) is 17.1. The fourth-order valence-electron chi connectivity index (χ4n) is 11.4. The van der Waals surface area contributed by atoms with Gasteiger partial charge in [0.1, 0.15) is 0 Å². The average molecular weight is 625 g/mol. The number of aromatic amines is 1. The number of hydrogen-bond donors (Lipinski definition) is 1. The predicted octanol–water partition coefficient (Wildman–Crippen LogP) is 7.15. The van der Waals surface area contributed by atoms with Crippen LogP contribution in [0.1, 0.15) is 91.8 Å². The zero-order chi connectivity index (χ0) is 31.4. The van der Waals surface area contributed by atoms with Crippen LogP contribution >= 0.6 is 0 Å². The zero-order valence-corrected chi connectivity index (χ0v) is 29.3. The maximum atomic E-state index is 7.79. The van der Waals surface area contributed by atoms with Gasteiger partial charge in [0.15, 0.2) is 5.79 Å². The molecule has 2 heterocycles. The van der Waals surface area contributed by atoms with Gasteiger partial charge in [0.2, 0.25) is 0 Å². The highest BCUT2D eigenvalue weighted by Gasteiger charge is 2.68. The monoisotopic (exact) mass is 624 g/mol. The van der Waals surface area contributed by atoms with E-state index in [9.17, 15) is 0 Å². The van der Waals surface area contributed by atoms with Gasteiger partial charge in [-0.25, -0.2) is 0 Å². The van der Waals surface area contributed by atoms with Crippen molar-refractivity contribution < 1.29 is 13.9 Å². The third-order valence-electron chi connectivity index (χ3n) is 13.4. The van der Waals surface area contributed by atoms with E-state index in [4.69, 9.17) is 13.9 Å². The van der Waals surface area contributed by atoms with Gasteiger partial charge in [-0.3, -0.25) is 5.10 Å². The molecular weight excluding hydrogens is 573 g/mol. The third kappa shape index (κ3) is 4.31. The molecular formula is C39H52N2O3Si. The van der Waals surface area contributed by atoms with Crippen LogP contribution in [0.4, 0.5) is 0 Å². The Bertz CT molecular complexity index is 1510. The zero-order valence-electron chi connectivity index (χ0n) is 28.3. The SMILES string of the molecule is CC1(C)O[C@H]2[C@H](O1)C1[C@H](CC[C@]3(C)c4[nH]ncc4C[C@@H]13)[C@@]1(C)CC[C@H](O[Si](c3ccccc3)(c3ccccc3)C(C)(C)C)C[C@H]21. The number of fused-ring (bicyclic) bond motifs is 10. The number of rotatable bonds is 4. The van der Waals surface area contributed by atoms with Crippen molar-refractivity contribution in [2.45, 2.75) is 122 Å². The molecule has 45 heavy (non-hydrogen) atoms. The molecule has 0 radical (unpaired) electrons. The molecule has 3 aromatic rings.